The van der Waals surface area contributed by atoms with Crippen molar-refractivity contribution in [1.29, 1.82) is 0 Å². The molecule has 4 aromatic heterocycles. The van der Waals surface area contributed by atoms with Crippen molar-refractivity contribution in [3.05, 3.63) is 138 Å². The fourth-order valence-electron chi connectivity index (χ4n) is 12.7. The van der Waals surface area contributed by atoms with Crippen molar-refractivity contribution in [3.8, 4) is 11.4 Å². The minimum Gasteiger partial charge on any atom is -0.294 e. The van der Waals surface area contributed by atoms with Crippen LogP contribution in [0, 0.1) is 0 Å². The second kappa shape index (κ2) is 10.5. The lowest BCUT2D eigenvalue weighted by Gasteiger charge is -2.34. The van der Waals surface area contributed by atoms with E-state index in [0.717, 1.165) is 0 Å². The highest BCUT2D eigenvalue weighted by Crippen LogP contribution is 2.49. The first-order chi connectivity index (χ1) is 30.2. The normalized spacial score (nSPS) is 14.4. The molecule has 0 saturated heterocycles. The maximum atomic E-state index is 2.72. The number of fused-ring (bicyclic) bond motifs is 20. The molecule has 5 heteroatoms. The molecule has 0 saturated carbocycles. The second-order valence-corrected chi connectivity index (χ2v) is 22.2. The van der Waals surface area contributed by atoms with Gasteiger partial charge in [-0.25, -0.2) is 0 Å². The molecule has 0 amide bonds. The van der Waals surface area contributed by atoms with Gasteiger partial charge in [-0.2, -0.15) is 0 Å². The van der Waals surface area contributed by atoms with Crippen LogP contribution in [-0.4, -0.2) is 24.6 Å². The average Bonchev–Trinajstić information content (AvgIpc) is 4.07. The molecule has 302 valence electrons. The first kappa shape index (κ1) is 34.8. The Balaban J connectivity index is 1.25. The number of hydrogen-bond acceptors (Lipinski definition) is 0. The monoisotopic (exact) mass is 810 g/mol. The summed E-state index contributed by atoms with van der Waals surface area (Å²) in [6.45, 7) is 21.3. The largest absolute Gasteiger partial charge is 0.294 e. The Morgan fingerprint density at radius 3 is 1.13 bits per heavy atom. The number of benzene rings is 7. The Kier molecular flexibility index (Phi) is 5.83. The van der Waals surface area contributed by atoms with Crippen LogP contribution in [0.2, 0.25) is 0 Å². The van der Waals surface area contributed by atoms with Gasteiger partial charge in [0.15, 0.2) is 0 Å². The fraction of sp³-hybridized carbons (Fsp3) is 0.207. The number of hydrogen-bond donors (Lipinski definition) is 0. The average molecular weight is 811 g/mol. The SMILES string of the molecule is CC(C)(C)c1cc2c3c(c1)-n1c4c5cccc6cccc(c65)c4n4c5cc(C(C)(C)C)ccc5c(c14)B3c1c3ccc(C(C)(C)C)cc3n3c4c5cccc6cccc(c65)c4n-2c13. The molecule has 2 aliphatic rings. The van der Waals surface area contributed by atoms with Crippen molar-refractivity contribution < 1.29 is 0 Å². The molecule has 15 rings (SSSR count). The predicted octanol–water partition coefficient (Wildman–Crippen LogP) is 12.9. The van der Waals surface area contributed by atoms with Gasteiger partial charge in [0.2, 0.25) is 0 Å². The molecule has 63 heavy (non-hydrogen) atoms. The zero-order valence-corrected chi connectivity index (χ0v) is 37.4. The molecule has 0 radical (unpaired) electrons. The number of rotatable bonds is 0. The van der Waals surface area contributed by atoms with Gasteiger partial charge in [-0.3, -0.25) is 17.9 Å². The van der Waals surface area contributed by atoms with Crippen LogP contribution in [0.1, 0.15) is 79.0 Å². The van der Waals surface area contributed by atoms with Crippen LogP contribution in [0.5, 0.6) is 0 Å². The van der Waals surface area contributed by atoms with Crippen LogP contribution in [0.15, 0.2) is 121 Å². The molecular formula is C58H47BN4. The van der Waals surface area contributed by atoms with Crippen molar-refractivity contribution in [1.82, 2.24) is 17.9 Å². The van der Waals surface area contributed by atoms with Crippen molar-refractivity contribution in [2.45, 2.75) is 78.6 Å². The highest BCUT2D eigenvalue weighted by molar-refractivity contribution is 7.02. The molecule has 0 unspecified atom stereocenters. The molecule has 4 nitrogen and oxygen atoms in total. The number of nitrogens with zero attached hydrogens (tertiary/aromatic N) is 4. The van der Waals surface area contributed by atoms with E-state index in [0.29, 0.717) is 0 Å². The summed E-state index contributed by atoms with van der Waals surface area (Å²) in [5, 5.41) is 13.3. The van der Waals surface area contributed by atoms with Crippen LogP contribution in [0.25, 0.3) is 110 Å². The van der Waals surface area contributed by atoms with E-state index >= 15 is 0 Å². The van der Waals surface area contributed by atoms with Gasteiger partial charge >= 0.3 is 0 Å². The van der Waals surface area contributed by atoms with Crippen LogP contribution < -0.4 is 16.4 Å². The molecular weight excluding hydrogens is 763 g/mol. The van der Waals surface area contributed by atoms with Crippen LogP contribution in [-0.2, 0) is 16.2 Å². The lowest BCUT2D eigenvalue weighted by molar-refractivity contribution is 0.589. The van der Waals surface area contributed by atoms with Crippen LogP contribution >= 0.6 is 0 Å². The van der Waals surface area contributed by atoms with Gasteiger partial charge in [0.1, 0.15) is 11.3 Å². The molecule has 0 bridgehead atoms. The molecule has 0 fully saturated rings. The Labute approximate surface area is 365 Å². The second-order valence-electron chi connectivity index (χ2n) is 22.2. The lowest BCUT2D eigenvalue weighted by atomic mass is 9.34. The Morgan fingerprint density at radius 2 is 0.746 bits per heavy atom. The maximum Gasteiger partial charge on any atom is 0.258 e. The van der Waals surface area contributed by atoms with Crippen LogP contribution in [0.4, 0.5) is 0 Å². The zero-order valence-electron chi connectivity index (χ0n) is 37.4. The van der Waals surface area contributed by atoms with Gasteiger partial charge in [0.05, 0.1) is 33.1 Å². The van der Waals surface area contributed by atoms with Gasteiger partial charge in [0, 0.05) is 43.7 Å². The summed E-state index contributed by atoms with van der Waals surface area (Å²) in [6.07, 6.45) is 0. The highest BCUT2D eigenvalue weighted by atomic mass is 15.2. The van der Waals surface area contributed by atoms with E-state index in [2.05, 4.69) is 202 Å². The maximum absolute atomic E-state index is 2.72. The molecule has 2 aliphatic heterocycles. The van der Waals surface area contributed by atoms with E-state index in [-0.39, 0.29) is 23.0 Å². The van der Waals surface area contributed by atoms with E-state index in [9.17, 15) is 0 Å². The number of imidazole rings is 2. The Bertz CT molecular complexity index is 3980. The van der Waals surface area contributed by atoms with E-state index in [4.69, 9.17) is 0 Å². The van der Waals surface area contributed by atoms with E-state index in [1.807, 2.05) is 0 Å². The molecule has 0 N–H and O–H groups in total. The van der Waals surface area contributed by atoms with Crippen molar-refractivity contribution in [2.24, 2.45) is 0 Å². The summed E-state index contributed by atoms with van der Waals surface area (Å²) in [5.41, 5.74) is 21.3. The Morgan fingerprint density at radius 1 is 0.365 bits per heavy atom. The van der Waals surface area contributed by atoms with E-state index in [1.54, 1.807) is 0 Å². The molecule has 13 aromatic rings. The van der Waals surface area contributed by atoms with Gasteiger partial charge < -0.3 is 0 Å². The third-order valence-corrected chi connectivity index (χ3v) is 15.6. The molecule has 6 heterocycles. The Hall–Kier alpha value is -6.72. The third-order valence-electron chi connectivity index (χ3n) is 15.6. The molecule has 0 atom stereocenters. The first-order valence-electron chi connectivity index (χ1n) is 22.9. The summed E-state index contributed by atoms with van der Waals surface area (Å²) in [7, 11) is 0. The summed E-state index contributed by atoms with van der Waals surface area (Å²) in [6, 6.07) is 47.7. The smallest absolute Gasteiger partial charge is 0.258 e. The molecule has 0 aliphatic carbocycles. The third kappa shape index (κ3) is 3.87. The predicted molar refractivity (Wildman–Crippen MR) is 270 cm³/mol. The van der Waals surface area contributed by atoms with Gasteiger partial charge in [-0.05, 0) is 95.1 Å². The fourth-order valence-corrected chi connectivity index (χ4v) is 12.7. The lowest BCUT2D eigenvalue weighted by Crippen LogP contribution is -2.59. The molecule has 0 spiro atoms. The van der Waals surface area contributed by atoms with Gasteiger partial charge in [-0.1, -0.05) is 159 Å². The topological polar surface area (TPSA) is 18.7 Å². The summed E-state index contributed by atoms with van der Waals surface area (Å²) in [4.78, 5) is 0. The summed E-state index contributed by atoms with van der Waals surface area (Å²) >= 11 is 0. The number of aromatic nitrogens is 4. The minimum absolute atomic E-state index is 0.00659. The van der Waals surface area contributed by atoms with E-state index in [1.165, 1.54) is 143 Å². The highest BCUT2D eigenvalue weighted by Gasteiger charge is 2.47. The standard InChI is InChI=1S/C58H47BN4/c1-56(2,3)32-22-24-35-41(26-32)60-50-37-18-10-14-30-16-12-20-39(45(30)37)52(50)62-43-28-34(58(7,8)9)29-44-49(43)59(47(35)54(60)62)48-36-25-23-33(57(4,5)6)27-42(36)61-51-38-19-11-15-31-17-13-21-40(46(31)38)53(51)63(44)55(48)61/h10-29H,1-9H3. The molecule has 9 aromatic carbocycles. The van der Waals surface area contributed by atoms with Crippen molar-refractivity contribution >= 4 is 121 Å². The van der Waals surface area contributed by atoms with E-state index < -0.39 is 0 Å². The van der Waals surface area contributed by atoms with Gasteiger partial charge in [-0.15, -0.1) is 0 Å². The van der Waals surface area contributed by atoms with Gasteiger partial charge in [0.25, 0.3) is 6.71 Å². The van der Waals surface area contributed by atoms with Crippen LogP contribution in [0.3, 0.4) is 0 Å². The zero-order chi connectivity index (χ0) is 42.5. The minimum atomic E-state index is -0.102. The van der Waals surface area contributed by atoms with Crippen molar-refractivity contribution in [2.75, 3.05) is 0 Å². The van der Waals surface area contributed by atoms with Crippen molar-refractivity contribution in [3.63, 3.8) is 0 Å². The first-order valence-corrected chi connectivity index (χ1v) is 22.9. The summed E-state index contributed by atoms with van der Waals surface area (Å²) in [5.74, 6) is 0. The quantitative estimate of drug-likeness (QED) is 0.136. The summed E-state index contributed by atoms with van der Waals surface area (Å²) < 4.78 is 10.8.